The first kappa shape index (κ1) is 18.6. The second-order valence-electron chi connectivity index (χ2n) is 5.98. The zero-order valence-corrected chi connectivity index (χ0v) is 14.0. The molecule has 0 unspecified atom stereocenters. The molecule has 0 spiro atoms. The van der Waals surface area contributed by atoms with Crippen molar-refractivity contribution >= 4 is 17.6 Å². The summed E-state index contributed by atoms with van der Waals surface area (Å²) in [6.07, 6.45) is 0.813. The number of fused-ring (bicyclic) bond motifs is 1. The van der Waals surface area contributed by atoms with Crippen molar-refractivity contribution in [2.45, 2.75) is 19.5 Å². The molecule has 2 heterocycles. The number of halogens is 4. The highest BCUT2D eigenvalue weighted by atomic mass is 19.2. The molecule has 0 aliphatic carbocycles. The van der Waals surface area contributed by atoms with Crippen LogP contribution in [0.15, 0.2) is 24.4 Å². The number of benzene rings is 1. The molecular formula is C17H14F4N4O2. The predicted octanol–water partition coefficient (Wildman–Crippen LogP) is 2.86. The number of carbonyl (C=O) groups is 2. The van der Waals surface area contributed by atoms with Gasteiger partial charge in [0.15, 0.2) is 11.6 Å². The first-order valence-corrected chi connectivity index (χ1v) is 7.89. The molecule has 1 aliphatic rings. The molecule has 0 bridgehead atoms. The van der Waals surface area contributed by atoms with Crippen LogP contribution in [0.2, 0.25) is 0 Å². The molecule has 0 saturated heterocycles. The molecule has 0 saturated carbocycles. The first-order chi connectivity index (χ1) is 12.8. The van der Waals surface area contributed by atoms with Gasteiger partial charge in [-0.2, -0.15) is 0 Å². The molecule has 1 aliphatic heterocycles. The fourth-order valence-corrected chi connectivity index (χ4v) is 2.72. The minimum absolute atomic E-state index is 0.0818. The number of amides is 3. The van der Waals surface area contributed by atoms with Crippen LogP contribution in [0.4, 0.5) is 28.0 Å². The van der Waals surface area contributed by atoms with Crippen LogP contribution < -0.4 is 10.6 Å². The van der Waals surface area contributed by atoms with Crippen LogP contribution in [0.1, 0.15) is 24.2 Å². The van der Waals surface area contributed by atoms with Gasteiger partial charge in [-0.3, -0.25) is 9.78 Å². The molecule has 142 valence electrons. The largest absolute Gasteiger partial charge is 0.346 e. The molecule has 3 amide bonds. The maximum atomic E-state index is 13.9. The zero-order chi connectivity index (χ0) is 19.7. The number of nitrogens with one attached hydrogen (secondary N) is 2. The topological polar surface area (TPSA) is 74.3 Å². The third-order valence-electron chi connectivity index (χ3n) is 4.03. The highest BCUT2D eigenvalue weighted by molar-refractivity contribution is 5.94. The van der Waals surface area contributed by atoms with E-state index in [0.717, 1.165) is 17.2 Å². The Morgan fingerprint density at radius 1 is 1.30 bits per heavy atom. The average molecular weight is 382 g/mol. The van der Waals surface area contributed by atoms with Crippen molar-refractivity contribution in [3.05, 3.63) is 58.9 Å². The smallest absolute Gasteiger partial charge is 0.322 e. The monoisotopic (exact) mass is 382 g/mol. The van der Waals surface area contributed by atoms with E-state index in [4.69, 9.17) is 0 Å². The molecule has 2 N–H and O–H groups in total. The minimum Gasteiger partial charge on any atom is -0.346 e. The van der Waals surface area contributed by atoms with Crippen LogP contribution >= 0.6 is 0 Å². The lowest BCUT2D eigenvalue weighted by Gasteiger charge is -2.29. The van der Waals surface area contributed by atoms with E-state index >= 15 is 0 Å². The van der Waals surface area contributed by atoms with E-state index < -0.39 is 47.8 Å². The second-order valence-corrected chi connectivity index (χ2v) is 5.98. The molecule has 1 aromatic carbocycles. The van der Waals surface area contributed by atoms with Gasteiger partial charge in [0.2, 0.25) is 5.91 Å². The number of hydrogen-bond donors (Lipinski definition) is 2. The Morgan fingerprint density at radius 2 is 2.04 bits per heavy atom. The Kier molecular flexibility index (Phi) is 4.98. The van der Waals surface area contributed by atoms with E-state index in [0.29, 0.717) is 6.07 Å². The zero-order valence-electron chi connectivity index (χ0n) is 14.0. The quantitative estimate of drug-likeness (QED) is 0.799. The third kappa shape index (κ3) is 3.83. The highest BCUT2D eigenvalue weighted by Gasteiger charge is 2.28. The Morgan fingerprint density at radius 3 is 2.74 bits per heavy atom. The van der Waals surface area contributed by atoms with Gasteiger partial charge in [0.1, 0.15) is 18.2 Å². The number of carbonyl (C=O) groups excluding carboxylic acids is 2. The minimum atomic E-state index is -1.11. The highest BCUT2D eigenvalue weighted by Crippen LogP contribution is 2.27. The van der Waals surface area contributed by atoms with Gasteiger partial charge in [-0.25, -0.2) is 22.4 Å². The summed E-state index contributed by atoms with van der Waals surface area (Å²) in [6, 6.07) is 1.20. The van der Waals surface area contributed by atoms with E-state index in [1.807, 2.05) is 0 Å². The molecule has 0 radical (unpaired) electrons. The summed E-state index contributed by atoms with van der Waals surface area (Å²) in [5.41, 5.74) is -0.130. The standard InChI is InChI=1S/C17H14F4N4O2/c1-8(16-12(20)4-9(18)5-22-16)23-14(26)7-25-6-10-13(24-17(25)27)3-2-11(19)15(10)21/h2-5,8H,6-7H2,1H3,(H,23,26)(H,24,27)/t8-/m1/s1. The van der Waals surface area contributed by atoms with Crippen LogP contribution in [0.25, 0.3) is 0 Å². The maximum Gasteiger partial charge on any atom is 0.322 e. The van der Waals surface area contributed by atoms with Crippen molar-refractivity contribution in [3.8, 4) is 0 Å². The van der Waals surface area contributed by atoms with E-state index in [-0.39, 0.29) is 23.5 Å². The molecule has 0 fully saturated rings. The number of aromatic nitrogens is 1. The molecule has 3 rings (SSSR count). The number of rotatable bonds is 4. The van der Waals surface area contributed by atoms with E-state index in [2.05, 4.69) is 15.6 Å². The van der Waals surface area contributed by atoms with Gasteiger partial charge in [0.05, 0.1) is 30.2 Å². The van der Waals surface area contributed by atoms with Crippen molar-refractivity contribution < 1.29 is 27.2 Å². The fraction of sp³-hybridized carbons (Fsp3) is 0.235. The number of pyridine rings is 1. The van der Waals surface area contributed by atoms with Crippen molar-refractivity contribution in [3.63, 3.8) is 0 Å². The van der Waals surface area contributed by atoms with E-state index in [1.54, 1.807) is 0 Å². The Balaban J connectivity index is 1.68. The molecule has 1 aromatic heterocycles. The maximum absolute atomic E-state index is 13.9. The van der Waals surface area contributed by atoms with Crippen molar-refractivity contribution in [2.75, 3.05) is 11.9 Å². The van der Waals surface area contributed by atoms with Gasteiger partial charge in [-0.05, 0) is 19.1 Å². The lowest BCUT2D eigenvalue weighted by Crippen LogP contribution is -2.45. The van der Waals surface area contributed by atoms with Crippen LogP contribution in [0, 0.1) is 23.3 Å². The molecular weight excluding hydrogens is 368 g/mol. The van der Waals surface area contributed by atoms with Gasteiger partial charge >= 0.3 is 6.03 Å². The normalized spacial score (nSPS) is 14.4. The molecule has 10 heteroatoms. The lowest BCUT2D eigenvalue weighted by molar-refractivity contribution is -0.122. The Bertz CT molecular complexity index is 922. The lowest BCUT2D eigenvalue weighted by atomic mass is 10.1. The number of hydrogen-bond acceptors (Lipinski definition) is 3. The summed E-state index contributed by atoms with van der Waals surface area (Å²) < 4.78 is 53.9. The molecule has 1 atom stereocenters. The summed E-state index contributed by atoms with van der Waals surface area (Å²) in [7, 11) is 0. The van der Waals surface area contributed by atoms with Gasteiger partial charge in [0.25, 0.3) is 0 Å². The summed E-state index contributed by atoms with van der Waals surface area (Å²) in [6.45, 7) is 0.645. The number of anilines is 1. The van der Waals surface area contributed by atoms with E-state index in [9.17, 15) is 27.2 Å². The van der Waals surface area contributed by atoms with Gasteiger partial charge in [0, 0.05) is 11.6 Å². The average Bonchev–Trinajstić information content (AvgIpc) is 2.59. The Labute approximate surface area is 151 Å². The van der Waals surface area contributed by atoms with Crippen LogP contribution in [-0.4, -0.2) is 28.4 Å². The van der Waals surface area contributed by atoms with Crippen molar-refractivity contribution in [1.82, 2.24) is 15.2 Å². The van der Waals surface area contributed by atoms with Crippen LogP contribution in [0.3, 0.4) is 0 Å². The predicted molar refractivity (Wildman–Crippen MR) is 86.5 cm³/mol. The van der Waals surface area contributed by atoms with Crippen molar-refractivity contribution in [2.24, 2.45) is 0 Å². The summed E-state index contributed by atoms with van der Waals surface area (Å²) in [4.78, 5) is 28.8. The van der Waals surface area contributed by atoms with Gasteiger partial charge in [-0.1, -0.05) is 0 Å². The summed E-state index contributed by atoms with van der Waals surface area (Å²) >= 11 is 0. The van der Waals surface area contributed by atoms with Crippen LogP contribution in [-0.2, 0) is 11.3 Å². The second kappa shape index (κ2) is 7.22. The molecule has 2 aromatic rings. The van der Waals surface area contributed by atoms with Gasteiger partial charge in [-0.15, -0.1) is 0 Å². The molecule has 6 nitrogen and oxygen atoms in total. The van der Waals surface area contributed by atoms with Gasteiger partial charge < -0.3 is 15.5 Å². The summed E-state index contributed by atoms with van der Waals surface area (Å²) in [5.74, 6) is -4.63. The van der Waals surface area contributed by atoms with Crippen LogP contribution in [0.5, 0.6) is 0 Å². The fourth-order valence-electron chi connectivity index (χ4n) is 2.72. The molecule has 27 heavy (non-hydrogen) atoms. The third-order valence-corrected chi connectivity index (χ3v) is 4.03. The number of urea groups is 1. The summed E-state index contributed by atoms with van der Waals surface area (Å²) in [5, 5.41) is 4.79. The van der Waals surface area contributed by atoms with Crippen molar-refractivity contribution in [1.29, 1.82) is 0 Å². The van der Waals surface area contributed by atoms with E-state index in [1.165, 1.54) is 13.0 Å². The SMILES string of the molecule is C[C@@H](NC(=O)CN1Cc2c(ccc(F)c2F)NC1=O)c1ncc(F)cc1F. The number of nitrogens with zero attached hydrogens (tertiary/aromatic N) is 2. The first-order valence-electron chi connectivity index (χ1n) is 7.89. The Hall–Kier alpha value is -3.17.